The molecule has 0 heterocycles. The molecule has 1 aromatic carbocycles. The number of benzene rings is 1. The van der Waals surface area contributed by atoms with Crippen molar-refractivity contribution in [2.24, 2.45) is 0 Å². The Morgan fingerprint density at radius 2 is 1.86 bits per heavy atom. The van der Waals surface area contributed by atoms with Crippen molar-refractivity contribution < 1.29 is 18.0 Å². The highest BCUT2D eigenvalue weighted by Gasteiger charge is 2.17. The molecule has 0 aliphatic heterocycles. The molecular formula is C10H9F3O. The zero-order valence-electron chi connectivity index (χ0n) is 7.61. The largest absolute Gasteiger partial charge is 0.294 e. The van der Waals surface area contributed by atoms with Crippen molar-refractivity contribution in [3.63, 3.8) is 0 Å². The lowest BCUT2D eigenvalue weighted by Crippen LogP contribution is -2.05. The Morgan fingerprint density at radius 3 is 2.43 bits per heavy atom. The molecule has 0 radical (unpaired) electrons. The maximum Gasteiger partial charge on any atom is 0.195 e. The zero-order chi connectivity index (χ0) is 10.7. The number of carbonyl (C=O) groups is 1. The molecule has 14 heavy (non-hydrogen) atoms. The van der Waals surface area contributed by atoms with Crippen molar-refractivity contribution in [2.75, 3.05) is 0 Å². The summed E-state index contributed by atoms with van der Waals surface area (Å²) in [5.41, 5.74) is -0.384. The van der Waals surface area contributed by atoms with Crippen LogP contribution in [0.25, 0.3) is 0 Å². The Labute approximate surface area is 79.5 Å². The van der Waals surface area contributed by atoms with Gasteiger partial charge in [-0.15, -0.1) is 0 Å². The molecule has 1 rings (SSSR count). The van der Waals surface area contributed by atoms with E-state index in [4.69, 9.17) is 0 Å². The van der Waals surface area contributed by atoms with Crippen LogP contribution in [-0.4, -0.2) is 5.78 Å². The number of hydrogen-bond acceptors (Lipinski definition) is 1. The monoisotopic (exact) mass is 202 g/mol. The number of halogens is 3. The third kappa shape index (κ3) is 1.95. The summed E-state index contributed by atoms with van der Waals surface area (Å²) in [6.45, 7) is 1.75. The van der Waals surface area contributed by atoms with E-state index in [2.05, 4.69) is 0 Å². The van der Waals surface area contributed by atoms with Crippen LogP contribution < -0.4 is 0 Å². The van der Waals surface area contributed by atoms with Crippen molar-refractivity contribution in [1.29, 1.82) is 0 Å². The van der Waals surface area contributed by atoms with Gasteiger partial charge in [-0.1, -0.05) is 6.92 Å². The molecular weight excluding hydrogens is 193 g/mol. The number of carbonyl (C=O) groups excluding carboxylic acids is 1. The summed E-state index contributed by atoms with van der Waals surface area (Å²) >= 11 is 0. The van der Waals surface area contributed by atoms with Gasteiger partial charge in [0.05, 0.1) is 5.56 Å². The van der Waals surface area contributed by atoms with E-state index in [1.165, 1.54) is 0 Å². The average molecular weight is 202 g/mol. The maximum atomic E-state index is 13.0. The molecule has 0 fully saturated rings. The lowest BCUT2D eigenvalue weighted by Gasteiger charge is -2.02. The fraction of sp³-hybridized carbons (Fsp3) is 0.300. The molecule has 0 amide bonds. The number of hydrogen-bond donors (Lipinski definition) is 0. The van der Waals surface area contributed by atoms with E-state index >= 15 is 0 Å². The van der Waals surface area contributed by atoms with E-state index in [0.29, 0.717) is 6.42 Å². The summed E-state index contributed by atoms with van der Waals surface area (Å²) in [4.78, 5) is 11.2. The first kappa shape index (κ1) is 10.8. The Morgan fingerprint density at radius 1 is 1.21 bits per heavy atom. The normalized spacial score (nSPS) is 10.3. The molecule has 0 saturated carbocycles. The molecule has 4 heteroatoms. The van der Waals surface area contributed by atoms with Gasteiger partial charge in [0, 0.05) is 6.42 Å². The van der Waals surface area contributed by atoms with Crippen LogP contribution in [0.4, 0.5) is 13.2 Å². The zero-order valence-corrected chi connectivity index (χ0v) is 7.61. The van der Waals surface area contributed by atoms with Crippen LogP contribution in [0.15, 0.2) is 12.1 Å². The Bertz CT molecular complexity index is 361. The molecule has 0 saturated heterocycles. The molecule has 76 valence electrons. The highest BCUT2D eigenvalue weighted by atomic mass is 19.2. The summed E-state index contributed by atoms with van der Waals surface area (Å²) in [6, 6.07) is 1.72. The quantitative estimate of drug-likeness (QED) is 0.543. The van der Waals surface area contributed by atoms with Crippen LogP contribution in [0.2, 0.25) is 0 Å². The third-order valence-electron chi connectivity index (χ3n) is 1.81. The van der Waals surface area contributed by atoms with E-state index in [0.717, 1.165) is 12.1 Å². The van der Waals surface area contributed by atoms with Crippen molar-refractivity contribution in [2.45, 2.75) is 19.8 Å². The van der Waals surface area contributed by atoms with Gasteiger partial charge in [-0.3, -0.25) is 4.79 Å². The summed E-state index contributed by atoms with van der Waals surface area (Å²) in [5, 5.41) is 0. The van der Waals surface area contributed by atoms with Crippen LogP contribution >= 0.6 is 0 Å². The van der Waals surface area contributed by atoms with Gasteiger partial charge in [0.25, 0.3) is 0 Å². The van der Waals surface area contributed by atoms with Gasteiger partial charge in [-0.25, -0.2) is 13.2 Å². The molecule has 0 bridgehead atoms. The molecule has 0 aromatic heterocycles. The summed E-state index contributed by atoms with van der Waals surface area (Å²) in [5.74, 6) is -4.78. The van der Waals surface area contributed by atoms with Crippen molar-refractivity contribution in [3.8, 4) is 0 Å². The van der Waals surface area contributed by atoms with Crippen LogP contribution in [0.1, 0.15) is 30.1 Å². The van der Waals surface area contributed by atoms with Crippen LogP contribution in [0, 0.1) is 17.5 Å². The standard InChI is InChI=1S/C10H9F3O/c1-2-3-8(14)6-4-5-7(11)10(13)9(6)12/h4-5H,2-3H2,1H3. The Hall–Kier alpha value is -1.32. The summed E-state index contributed by atoms with van der Waals surface area (Å²) in [6.07, 6.45) is 0.666. The second-order valence-corrected chi connectivity index (χ2v) is 2.90. The first-order valence-corrected chi connectivity index (χ1v) is 4.24. The molecule has 1 aromatic rings. The van der Waals surface area contributed by atoms with E-state index in [1.807, 2.05) is 0 Å². The van der Waals surface area contributed by atoms with Gasteiger partial charge in [-0.05, 0) is 18.6 Å². The van der Waals surface area contributed by atoms with E-state index in [1.54, 1.807) is 6.92 Å². The second kappa shape index (κ2) is 4.26. The Kier molecular flexibility index (Phi) is 3.28. The number of Topliss-reactive ketones (excluding diaryl/α,β-unsaturated/α-hetero) is 1. The first-order chi connectivity index (χ1) is 6.57. The molecule has 1 nitrogen and oxygen atoms in total. The summed E-state index contributed by atoms with van der Waals surface area (Å²) in [7, 11) is 0. The SMILES string of the molecule is CCCC(=O)c1ccc(F)c(F)c1F. The van der Waals surface area contributed by atoms with Crippen molar-refractivity contribution in [3.05, 3.63) is 35.1 Å². The van der Waals surface area contributed by atoms with Crippen molar-refractivity contribution >= 4 is 5.78 Å². The lowest BCUT2D eigenvalue weighted by molar-refractivity contribution is 0.0976. The average Bonchev–Trinajstić information content (AvgIpc) is 2.15. The van der Waals surface area contributed by atoms with Gasteiger partial charge < -0.3 is 0 Å². The second-order valence-electron chi connectivity index (χ2n) is 2.90. The third-order valence-corrected chi connectivity index (χ3v) is 1.81. The minimum absolute atomic E-state index is 0.127. The number of rotatable bonds is 3. The van der Waals surface area contributed by atoms with Crippen LogP contribution in [-0.2, 0) is 0 Å². The van der Waals surface area contributed by atoms with E-state index in [9.17, 15) is 18.0 Å². The van der Waals surface area contributed by atoms with Crippen LogP contribution in [0.5, 0.6) is 0 Å². The molecule has 0 spiro atoms. The predicted octanol–water partition coefficient (Wildman–Crippen LogP) is 3.09. The summed E-state index contributed by atoms with van der Waals surface area (Å²) < 4.78 is 38.2. The Balaban J connectivity index is 3.11. The fourth-order valence-electron chi connectivity index (χ4n) is 1.10. The van der Waals surface area contributed by atoms with Crippen molar-refractivity contribution in [1.82, 2.24) is 0 Å². The molecule has 0 aliphatic carbocycles. The smallest absolute Gasteiger partial charge is 0.195 e. The predicted molar refractivity (Wildman–Crippen MR) is 45.6 cm³/mol. The van der Waals surface area contributed by atoms with Gasteiger partial charge in [0.1, 0.15) is 0 Å². The molecule has 0 unspecified atom stereocenters. The molecule has 0 atom stereocenters. The highest BCUT2D eigenvalue weighted by Crippen LogP contribution is 2.16. The highest BCUT2D eigenvalue weighted by molar-refractivity contribution is 5.96. The fourth-order valence-corrected chi connectivity index (χ4v) is 1.10. The topological polar surface area (TPSA) is 17.1 Å². The van der Waals surface area contributed by atoms with Gasteiger partial charge in [-0.2, -0.15) is 0 Å². The van der Waals surface area contributed by atoms with Gasteiger partial charge >= 0.3 is 0 Å². The van der Waals surface area contributed by atoms with E-state index in [-0.39, 0.29) is 12.0 Å². The number of ketones is 1. The molecule has 0 N–H and O–H groups in total. The first-order valence-electron chi connectivity index (χ1n) is 4.24. The van der Waals surface area contributed by atoms with Crippen LogP contribution in [0.3, 0.4) is 0 Å². The minimum Gasteiger partial charge on any atom is -0.294 e. The van der Waals surface area contributed by atoms with Gasteiger partial charge in [0.2, 0.25) is 0 Å². The molecule has 0 aliphatic rings. The minimum atomic E-state index is -1.59. The lowest BCUT2D eigenvalue weighted by atomic mass is 10.1. The van der Waals surface area contributed by atoms with E-state index < -0.39 is 23.2 Å². The van der Waals surface area contributed by atoms with Gasteiger partial charge in [0.15, 0.2) is 23.2 Å². The maximum absolute atomic E-state index is 13.0.